The number of fused-ring (bicyclic) bond motifs is 2. The van der Waals surface area contributed by atoms with Gasteiger partial charge in [-0.1, -0.05) is 24.1 Å². The highest BCUT2D eigenvalue weighted by Crippen LogP contribution is 2.63. The van der Waals surface area contributed by atoms with Gasteiger partial charge in [0.2, 0.25) is 27.8 Å². The van der Waals surface area contributed by atoms with Crippen LogP contribution in [0.1, 0.15) is 95.2 Å². The minimum Gasteiger partial charge on any atom is -0.370 e. The van der Waals surface area contributed by atoms with Crippen LogP contribution in [0.3, 0.4) is 0 Å². The number of carbonyl (C=O) groups excluding carboxylic acids is 2. The van der Waals surface area contributed by atoms with E-state index in [0.717, 1.165) is 94.2 Å². The number of benzene rings is 2. The number of hydrogen-bond acceptors (Lipinski definition) is 11. The van der Waals surface area contributed by atoms with Gasteiger partial charge in [0.25, 0.3) is 5.56 Å². The standard InChI is InChI=1S/C47H57ClN10O6S/c1-28-23-33(10-11-35(28)50-45-49-26-31-25-34(48)44(61)58(42(31)52-45)39-9-6-17-47(39)18-19-47)65(63,64)56-22-14-30(24-29(56)2)27-53(3)32-15-20-55(21-16-32)36-7-5-8-37-41(36)54(4)46(62)57(37)38-12-13-40(59)51-43(38)60/h5,7-8,10-11,23,25-26,29-30,32,38-39H,6,9,12-22,24,27H2,1-4H3,(H,49,50,52)(H,51,59,60). The number of imide groups is 1. The van der Waals surface area contributed by atoms with Gasteiger partial charge in [0, 0.05) is 75.0 Å². The highest BCUT2D eigenvalue weighted by molar-refractivity contribution is 7.89. The fraction of sp³-hybridized carbons (Fsp3) is 0.532. The maximum absolute atomic E-state index is 14.2. The second kappa shape index (κ2) is 16.7. The molecule has 5 fully saturated rings. The molecule has 65 heavy (non-hydrogen) atoms. The van der Waals surface area contributed by atoms with Gasteiger partial charge >= 0.3 is 5.69 Å². The molecule has 3 aromatic heterocycles. The molecule has 5 aromatic rings. The van der Waals surface area contributed by atoms with Crippen LogP contribution in [-0.4, -0.2) is 98.4 Å². The topological polar surface area (TPSA) is 177 Å². The number of nitrogens with zero attached hydrogens (tertiary/aromatic N) is 8. The molecule has 18 heteroatoms. The first kappa shape index (κ1) is 43.8. The molecule has 6 heterocycles. The van der Waals surface area contributed by atoms with Gasteiger partial charge in [0.05, 0.1) is 21.6 Å². The van der Waals surface area contributed by atoms with Crippen molar-refractivity contribution in [2.45, 2.75) is 114 Å². The van der Waals surface area contributed by atoms with Crippen molar-refractivity contribution in [2.75, 3.05) is 43.4 Å². The Labute approximate surface area is 383 Å². The van der Waals surface area contributed by atoms with Crippen LogP contribution in [-0.2, 0) is 26.7 Å². The van der Waals surface area contributed by atoms with Crippen LogP contribution in [0.15, 0.2) is 63.1 Å². The van der Waals surface area contributed by atoms with Crippen molar-refractivity contribution in [1.82, 2.24) is 38.2 Å². The van der Waals surface area contributed by atoms with Gasteiger partial charge < -0.3 is 15.1 Å². The molecule has 0 radical (unpaired) electrons. The predicted molar refractivity (Wildman–Crippen MR) is 250 cm³/mol. The van der Waals surface area contributed by atoms with Crippen LogP contribution >= 0.6 is 11.6 Å². The summed E-state index contributed by atoms with van der Waals surface area (Å²) in [6.07, 6.45) is 10.9. The van der Waals surface area contributed by atoms with Crippen molar-refractivity contribution >= 4 is 72.8 Å². The van der Waals surface area contributed by atoms with Crippen molar-refractivity contribution in [3.8, 4) is 0 Å². The average Bonchev–Trinajstić information content (AvgIpc) is 3.88. The third-order valence-electron chi connectivity index (χ3n) is 15.3. The summed E-state index contributed by atoms with van der Waals surface area (Å²) in [5, 5.41) is 6.55. The summed E-state index contributed by atoms with van der Waals surface area (Å²) in [7, 11) is 0.144. The molecular formula is C47H57ClN10O6S. The van der Waals surface area contributed by atoms with Gasteiger partial charge in [-0.05, 0) is 132 Å². The Morgan fingerprint density at radius 2 is 1.75 bits per heavy atom. The van der Waals surface area contributed by atoms with Gasteiger partial charge in [-0.2, -0.15) is 9.29 Å². The molecule has 2 aliphatic carbocycles. The quantitative estimate of drug-likeness (QED) is 0.157. The summed E-state index contributed by atoms with van der Waals surface area (Å²) in [5.74, 6) is -0.0842. The first-order chi connectivity index (χ1) is 31.1. The van der Waals surface area contributed by atoms with E-state index in [-0.39, 0.29) is 51.0 Å². The zero-order valence-corrected chi connectivity index (χ0v) is 39.0. The maximum atomic E-state index is 14.2. The molecule has 5 aliphatic rings. The van der Waals surface area contributed by atoms with Gasteiger partial charge in [-0.15, -0.1) is 0 Å². The first-order valence-electron chi connectivity index (χ1n) is 23.1. The Morgan fingerprint density at radius 1 is 0.969 bits per heavy atom. The lowest BCUT2D eigenvalue weighted by atomic mass is 9.91. The van der Waals surface area contributed by atoms with Crippen LogP contribution in [0, 0.1) is 18.3 Å². The lowest BCUT2D eigenvalue weighted by molar-refractivity contribution is -0.135. The molecule has 3 saturated heterocycles. The molecule has 2 saturated carbocycles. The molecule has 2 amide bonds. The van der Waals surface area contributed by atoms with Crippen LogP contribution in [0.5, 0.6) is 0 Å². The van der Waals surface area contributed by atoms with E-state index in [1.54, 1.807) is 50.9 Å². The number of halogens is 1. The average molecular weight is 926 g/mol. The summed E-state index contributed by atoms with van der Waals surface area (Å²) in [6, 6.07) is 12.1. The molecule has 0 bridgehead atoms. The summed E-state index contributed by atoms with van der Waals surface area (Å²) < 4.78 is 34.9. The fourth-order valence-corrected chi connectivity index (χ4v) is 13.6. The van der Waals surface area contributed by atoms with Gasteiger partial charge in [0.1, 0.15) is 16.7 Å². The number of aryl methyl sites for hydroxylation is 2. The third-order valence-corrected chi connectivity index (χ3v) is 17.6. The van der Waals surface area contributed by atoms with Crippen molar-refractivity contribution in [2.24, 2.45) is 18.4 Å². The van der Waals surface area contributed by atoms with E-state index < -0.39 is 22.0 Å². The SMILES string of the molecule is Cc1cc(S(=O)(=O)N2CCC(CN(C)C3CCN(c4cccc5c4n(C)c(=O)n5C4CCC(=O)NC4=O)CC3)CC2C)ccc1Nc1ncc2cc(Cl)c(=O)n(C3CCCC34CC4)c2n1. The number of anilines is 3. The molecule has 2 aromatic carbocycles. The molecule has 2 N–H and O–H groups in total. The van der Waals surface area contributed by atoms with Crippen LogP contribution in [0.4, 0.5) is 17.3 Å². The fourth-order valence-electron chi connectivity index (χ4n) is 11.7. The minimum atomic E-state index is -3.77. The van der Waals surface area contributed by atoms with E-state index in [0.29, 0.717) is 53.1 Å². The highest BCUT2D eigenvalue weighted by atomic mass is 35.5. The number of amides is 2. The van der Waals surface area contributed by atoms with Crippen LogP contribution < -0.4 is 26.8 Å². The Bertz CT molecular complexity index is 2970. The van der Waals surface area contributed by atoms with Gasteiger partial charge in [0.15, 0.2) is 0 Å². The van der Waals surface area contributed by atoms with Crippen molar-refractivity contribution in [3.63, 3.8) is 0 Å². The van der Waals surface area contributed by atoms with Gasteiger partial charge in [-0.3, -0.25) is 33.4 Å². The lowest BCUT2D eigenvalue weighted by Gasteiger charge is -2.42. The molecule has 4 unspecified atom stereocenters. The van der Waals surface area contributed by atoms with E-state index in [1.807, 2.05) is 32.0 Å². The van der Waals surface area contributed by atoms with Crippen molar-refractivity contribution in [1.29, 1.82) is 0 Å². The zero-order valence-electron chi connectivity index (χ0n) is 37.4. The normalized spacial score (nSPS) is 24.1. The molecule has 10 rings (SSSR count). The molecule has 3 aliphatic heterocycles. The summed E-state index contributed by atoms with van der Waals surface area (Å²) in [6.45, 7) is 6.81. The number of pyridine rings is 1. The Balaban J connectivity index is 0.764. The monoisotopic (exact) mass is 924 g/mol. The maximum Gasteiger partial charge on any atom is 0.329 e. The second-order valence-corrected chi connectivity index (χ2v) is 21.6. The Morgan fingerprint density at radius 3 is 2.48 bits per heavy atom. The number of piperidine rings is 3. The van der Waals surface area contributed by atoms with Crippen LogP contribution in [0.2, 0.25) is 5.02 Å². The number of rotatable bonds is 10. The smallest absolute Gasteiger partial charge is 0.329 e. The Kier molecular flexibility index (Phi) is 11.2. The second-order valence-electron chi connectivity index (χ2n) is 19.3. The number of carbonyl (C=O) groups is 2. The Hall–Kier alpha value is -5.10. The molecule has 4 atom stereocenters. The minimum absolute atomic E-state index is 0.0626. The van der Waals surface area contributed by atoms with E-state index in [1.165, 1.54) is 4.57 Å². The van der Waals surface area contributed by atoms with Crippen LogP contribution in [0.25, 0.3) is 22.1 Å². The molecule has 344 valence electrons. The third kappa shape index (κ3) is 7.75. The number of aromatic nitrogens is 5. The predicted octanol–water partition coefficient (Wildman–Crippen LogP) is 6.02. The number of sulfonamides is 1. The number of para-hydroxylation sites is 1. The molecule has 16 nitrogen and oxygen atoms in total. The molecular weight excluding hydrogens is 868 g/mol. The zero-order chi connectivity index (χ0) is 45.5. The lowest BCUT2D eigenvalue weighted by Crippen LogP contribution is -2.49. The number of nitrogens with one attached hydrogen (secondary N) is 2. The number of hydrogen-bond donors (Lipinski definition) is 2. The van der Waals surface area contributed by atoms with Crippen molar-refractivity contribution < 1.29 is 18.0 Å². The van der Waals surface area contributed by atoms with Crippen molar-refractivity contribution in [3.05, 3.63) is 80.1 Å². The summed E-state index contributed by atoms with van der Waals surface area (Å²) in [4.78, 5) is 65.9. The summed E-state index contributed by atoms with van der Waals surface area (Å²) in [5.41, 5.74) is 4.06. The first-order valence-corrected chi connectivity index (χ1v) is 24.9. The van der Waals surface area contributed by atoms with E-state index in [9.17, 15) is 27.6 Å². The number of imidazole rings is 1. The largest absolute Gasteiger partial charge is 0.370 e. The highest BCUT2D eigenvalue weighted by Gasteiger charge is 2.53. The van der Waals surface area contributed by atoms with E-state index in [4.69, 9.17) is 16.6 Å². The van der Waals surface area contributed by atoms with E-state index >= 15 is 0 Å². The van der Waals surface area contributed by atoms with E-state index in [2.05, 4.69) is 32.5 Å². The van der Waals surface area contributed by atoms with Gasteiger partial charge in [-0.25, -0.2) is 18.2 Å². The summed E-state index contributed by atoms with van der Waals surface area (Å²) >= 11 is 6.43. The molecule has 1 spiro atoms.